The largest absolute Gasteiger partial charge is 0.311 e. The van der Waals surface area contributed by atoms with Gasteiger partial charge in [0.2, 0.25) is 0 Å². The minimum atomic E-state index is 0.00109. The van der Waals surface area contributed by atoms with Crippen molar-refractivity contribution in [1.82, 2.24) is 5.32 Å². The van der Waals surface area contributed by atoms with Crippen LogP contribution in [0.25, 0.3) is 10.8 Å². The maximum absolute atomic E-state index is 6.43. The number of benzene rings is 3. The molecule has 2 heteroatoms. The molecule has 0 aliphatic carbocycles. The number of hydrogen-bond acceptors (Lipinski definition) is 1. The van der Waals surface area contributed by atoms with Gasteiger partial charge in [0.05, 0.1) is 5.38 Å². The molecule has 1 N–H and O–H groups in total. The average molecular weight is 296 g/mol. The van der Waals surface area contributed by atoms with Gasteiger partial charge in [-0.15, -0.1) is 11.6 Å². The maximum atomic E-state index is 6.43. The molecule has 0 aromatic heterocycles. The van der Waals surface area contributed by atoms with E-state index in [-0.39, 0.29) is 5.38 Å². The molecule has 0 bridgehead atoms. The van der Waals surface area contributed by atoms with E-state index in [1.807, 2.05) is 18.2 Å². The van der Waals surface area contributed by atoms with E-state index >= 15 is 0 Å². The molecular weight excluding hydrogens is 278 g/mol. The molecule has 0 aliphatic heterocycles. The minimum absolute atomic E-state index is 0.00109. The van der Waals surface area contributed by atoms with Crippen LogP contribution in [0, 0.1) is 0 Å². The summed E-state index contributed by atoms with van der Waals surface area (Å²) in [5.41, 5.74) is 2.47. The molecule has 3 aromatic carbocycles. The zero-order valence-corrected chi connectivity index (χ0v) is 12.6. The molecule has 0 radical (unpaired) electrons. The van der Waals surface area contributed by atoms with Crippen molar-refractivity contribution in [3.05, 3.63) is 83.9 Å². The van der Waals surface area contributed by atoms with Gasteiger partial charge in [0.1, 0.15) is 0 Å². The third-order valence-electron chi connectivity index (χ3n) is 3.68. The Labute approximate surface area is 130 Å². The summed E-state index contributed by atoms with van der Waals surface area (Å²) < 4.78 is 0. The first-order chi connectivity index (χ1) is 10.3. The van der Waals surface area contributed by atoms with E-state index < -0.39 is 0 Å². The molecule has 1 unspecified atom stereocenters. The summed E-state index contributed by atoms with van der Waals surface area (Å²) in [6.07, 6.45) is 0. The molecule has 0 saturated heterocycles. The first kappa shape index (κ1) is 14.1. The topological polar surface area (TPSA) is 12.0 Å². The van der Waals surface area contributed by atoms with Gasteiger partial charge in [0, 0.05) is 13.1 Å². The fraction of sp³-hybridized carbons (Fsp3) is 0.158. The van der Waals surface area contributed by atoms with Crippen LogP contribution in [0.3, 0.4) is 0 Å². The predicted molar refractivity (Wildman–Crippen MR) is 90.7 cm³/mol. The Balaban J connectivity index is 1.65. The van der Waals surface area contributed by atoms with Crippen LogP contribution < -0.4 is 5.32 Å². The van der Waals surface area contributed by atoms with E-state index in [1.165, 1.54) is 16.3 Å². The third kappa shape index (κ3) is 3.44. The number of fused-ring (bicyclic) bond motifs is 1. The van der Waals surface area contributed by atoms with Crippen LogP contribution in [0.1, 0.15) is 16.5 Å². The quantitative estimate of drug-likeness (QED) is 0.660. The molecule has 21 heavy (non-hydrogen) atoms. The second kappa shape index (κ2) is 6.75. The Kier molecular flexibility index (Phi) is 4.54. The lowest BCUT2D eigenvalue weighted by molar-refractivity contribution is 0.677. The molecule has 1 nitrogen and oxygen atoms in total. The zero-order valence-electron chi connectivity index (χ0n) is 11.8. The van der Waals surface area contributed by atoms with Crippen LogP contribution in [-0.2, 0) is 6.54 Å². The highest BCUT2D eigenvalue weighted by Crippen LogP contribution is 2.20. The average Bonchev–Trinajstić information content (AvgIpc) is 2.56. The molecule has 0 aliphatic rings. The molecule has 0 fully saturated rings. The second-order valence-electron chi connectivity index (χ2n) is 5.15. The lowest BCUT2D eigenvalue weighted by Gasteiger charge is -2.12. The standard InChI is InChI=1S/C19H18ClN/c20-19(16-8-2-1-3-9-16)14-21-13-17-11-6-10-15-7-4-5-12-18(15)17/h1-12,19,21H,13-14H2. The van der Waals surface area contributed by atoms with Gasteiger partial charge in [0.25, 0.3) is 0 Å². The van der Waals surface area contributed by atoms with Gasteiger partial charge >= 0.3 is 0 Å². The van der Waals surface area contributed by atoms with Crippen LogP contribution in [-0.4, -0.2) is 6.54 Å². The Morgan fingerprint density at radius 3 is 2.38 bits per heavy atom. The van der Waals surface area contributed by atoms with Crippen molar-refractivity contribution in [3.63, 3.8) is 0 Å². The fourth-order valence-corrected chi connectivity index (χ4v) is 2.81. The monoisotopic (exact) mass is 295 g/mol. The van der Waals surface area contributed by atoms with Crippen LogP contribution in [0.5, 0.6) is 0 Å². The summed E-state index contributed by atoms with van der Waals surface area (Å²) in [4.78, 5) is 0. The number of hydrogen-bond donors (Lipinski definition) is 1. The summed E-state index contributed by atoms with van der Waals surface area (Å²) in [5, 5.41) is 6.05. The zero-order chi connectivity index (χ0) is 14.5. The van der Waals surface area contributed by atoms with Crippen molar-refractivity contribution in [2.24, 2.45) is 0 Å². The third-order valence-corrected chi connectivity index (χ3v) is 4.09. The fourth-order valence-electron chi connectivity index (χ4n) is 2.56. The molecule has 3 rings (SSSR count). The molecule has 0 saturated carbocycles. The van der Waals surface area contributed by atoms with Crippen molar-refractivity contribution in [3.8, 4) is 0 Å². The molecule has 0 amide bonds. The first-order valence-electron chi connectivity index (χ1n) is 7.21. The SMILES string of the molecule is ClC(CNCc1cccc2ccccc12)c1ccccc1. The van der Waals surface area contributed by atoms with Gasteiger partial charge in [-0.1, -0.05) is 72.8 Å². The van der Waals surface area contributed by atoms with Crippen LogP contribution in [0.15, 0.2) is 72.8 Å². The van der Waals surface area contributed by atoms with Crippen LogP contribution >= 0.6 is 11.6 Å². The maximum Gasteiger partial charge on any atom is 0.0709 e. The summed E-state index contributed by atoms with van der Waals surface area (Å²) >= 11 is 6.43. The molecule has 3 aromatic rings. The minimum Gasteiger partial charge on any atom is -0.311 e. The van der Waals surface area contributed by atoms with E-state index in [4.69, 9.17) is 11.6 Å². The Morgan fingerprint density at radius 2 is 1.52 bits per heavy atom. The number of rotatable bonds is 5. The smallest absolute Gasteiger partial charge is 0.0709 e. The van der Waals surface area contributed by atoms with Crippen molar-refractivity contribution >= 4 is 22.4 Å². The van der Waals surface area contributed by atoms with Crippen molar-refractivity contribution < 1.29 is 0 Å². The highest BCUT2D eigenvalue weighted by atomic mass is 35.5. The van der Waals surface area contributed by atoms with Gasteiger partial charge in [0.15, 0.2) is 0 Å². The van der Waals surface area contributed by atoms with E-state index in [2.05, 4.69) is 59.9 Å². The second-order valence-corrected chi connectivity index (χ2v) is 5.67. The van der Waals surface area contributed by atoms with E-state index in [1.54, 1.807) is 0 Å². The first-order valence-corrected chi connectivity index (χ1v) is 7.64. The Hall–Kier alpha value is -1.83. The highest BCUT2D eigenvalue weighted by molar-refractivity contribution is 6.21. The molecule has 1 atom stereocenters. The molecular formula is C19H18ClN. The molecule has 0 spiro atoms. The Bertz CT molecular complexity index is 704. The predicted octanol–water partition coefficient (Wildman–Crippen LogP) is 4.91. The number of nitrogens with one attached hydrogen (secondary N) is 1. The summed E-state index contributed by atoms with van der Waals surface area (Å²) in [5.74, 6) is 0. The normalized spacial score (nSPS) is 12.4. The van der Waals surface area contributed by atoms with Gasteiger partial charge < -0.3 is 5.32 Å². The lowest BCUT2D eigenvalue weighted by atomic mass is 10.0. The lowest BCUT2D eigenvalue weighted by Crippen LogP contribution is -2.18. The summed E-state index contributed by atoms with van der Waals surface area (Å²) in [6, 6.07) is 25.1. The molecule has 0 heterocycles. The van der Waals surface area contributed by atoms with E-state index in [0.29, 0.717) is 0 Å². The number of alkyl halides is 1. The van der Waals surface area contributed by atoms with Gasteiger partial charge in [-0.05, 0) is 21.9 Å². The van der Waals surface area contributed by atoms with Crippen molar-refractivity contribution in [2.75, 3.05) is 6.54 Å². The summed E-state index contributed by atoms with van der Waals surface area (Å²) in [6.45, 7) is 1.59. The van der Waals surface area contributed by atoms with Gasteiger partial charge in [-0.3, -0.25) is 0 Å². The van der Waals surface area contributed by atoms with E-state index in [0.717, 1.165) is 18.7 Å². The molecule has 106 valence electrons. The van der Waals surface area contributed by atoms with Crippen molar-refractivity contribution in [1.29, 1.82) is 0 Å². The number of halogens is 1. The van der Waals surface area contributed by atoms with E-state index in [9.17, 15) is 0 Å². The van der Waals surface area contributed by atoms with Gasteiger partial charge in [-0.2, -0.15) is 0 Å². The van der Waals surface area contributed by atoms with Crippen LogP contribution in [0.2, 0.25) is 0 Å². The Morgan fingerprint density at radius 1 is 0.810 bits per heavy atom. The highest BCUT2D eigenvalue weighted by Gasteiger charge is 2.07. The van der Waals surface area contributed by atoms with Gasteiger partial charge in [-0.25, -0.2) is 0 Å². The van der Waals surface area contributed by atoms with Crippen molar-refractivity contribution in [2.45, 2.75) is 11.9 Å². The summed E-state index contributed by atoms with van der Waals surface area (Å²) in [7, 11) is 0. The van der Waals surface area contributed by atoms with Crippen LogP contribution in [0.4, 0.5) is 0 Å².